The van der Waals surface area contributed by atoms with Crippen molar-refractivity contribution in [3.63, 3.8) is 0 Å². The van der Waals surface area contributed by atoms with Gasteiger partial charge in [-0.2, -0.15) is 0 Å². The average molecular weight is 274 g/mol. The first-order chi connectivity index (χ1) is 8.38. The summed E-state index contributed by atoms with van der Waals surface area (Å²) in [6, 6.07) is 0.859. The summed E-state index contributed by atoms with van der Waals surface area (Å²) in [6.07, 6.45) is 3.20. The topological polar surface area (TPSA) is 66.5 Å². The fourth-order valence-electron chi connectivity index (χ4n) is 2.60. The number of sulfone groups is 1. The molecule has 104 valence electrons. The number of hydrogen-bond donors (Lipinski definition) is 1. The molecular formula is C12H22N2O3S. The van der Waals surface area contributed by atoms with Crippen molar-refractivity contribution in [3.8, 4) is 0 Å². The molecule has 0 aromatic heterocycles. The molecule has 2 heterocycles. The van der Waals surface area contributed by atoms with Crippen LogP contribution in [-0.4, -0.2) is 55.4 Å². The van der Waals surface area contributed by atoms with Gasteiger partial charge in [0.15, 0.2) is 9.84 Å². The summed E-state index contributed by atoms with van der Waals surface area (Å²) in [5.41, 5.74) is 0. The van der Waals surface area contributed by atoms with Gasteiger partial charge in [-0.15, -0.1) is 0 Å². The third-order valence-corrected chi connectivity index (χ3v) is 6.00. The quantitative estimate of drug-likeness (QED) is 0.796. The number of carbonyl (C=O) groups excluding carboxylic acids is 1. The van der Waals surface area contributed by atoms with E-state index in [1.165, 1.54) is 6.42 Å². The molecule has 1 amide bonds. The minimum Gasteiger partial charge on any atom is -0.340 e. The smallest absolute Gasteiger partial charge is 0.237 e. The third kappa shape index (κ3) is 3.03. The number of nitrogens with zero attached hydrogens (tertiary/aromatic N) is 1. The summed E-state index contributed by atoms with van der Waals surface area (Å²) >= 11 is 0. The Kier molecular flexibility index (Phi) is 3.96. The van der Waals surface area contributed by atoms with Crippen molar-refractivity contribution >= 4 is 15.7 Å². The van der Waals surface area contributed by atoms with Crippen molar-refractivity contribution < 1.29 is 13.2 Å². The number of rotatable bonds is 3. The van der Waals surface area contributed by atoms with Crippen molar-refractivity contribution in [1.82, 2.24) is 10.2 Å². The normalized spacial score (nSPS) is 28.5. The van der Waals surface area contributed by atoms with Crippen molar-refractivity contribution in [3.05, 3.63) is 0 Å². The zero-order valence-corrected chi connectivity index (χ0v) is 11.9. The van der Waals surface area contributed by atoms with Gasteiger partial charge < -0.3 is 10.2 Å². The zero-order chi connectivity index (χ0) is 13.3. The van der Waals surface area contributed by atoms with Crippen LogP contribution in [0, 0.1) is 0 Å². The predicted molar refractivity (Wildman–Crippen MR) is 70.1 cm³/mol. The SMILES string of the molecule is CC(C)S(=O)(=O)CC(=O)N1CCC2CCC(C1)N2. The lowest BCUT2D eigenvalue weighted by Gasteiger charge is -2.24. The number of carbonyl (C=O) groups is 1. The molecule has 2 fully saturated rings. The van der Waals surface area contributed by atoms with Crippen LogP contribution in [0.25, 0.3) is 0 Å². The van der Waals surface area contributed by atoms with E-state index >= 15 is 0 Å². The van der Waals surface area contributed by atoms with Crippen molar-refractivity contribution in [2.75, 3.05) is 18.8 Å². The van der Waals surface area contributed by atoms with Gasteiger partial charge in [-0.1, -0.05) is 0 Å². The van der Waals surface area contributed by atoms with Crippen molar-refractivity contribution in [2.24, 2.45) is 0 Å². The predicted octanol–water partition coefficient (Wildman–Crippen LogP) is 0.163. The van der Waals surface area contributed by atoms with Crippen molar-refractivity contribution in [2.45, 2.75) is 50.4 Å². The van der Waals surface area contributed by atoms with E-state index in [4.69, 9.17) is 0 Å². The Labute approximate surface area is 109 Å². The van der Waals surface area contributed by atoms with E-state index < -0.39 is 15.1 Å². The average Bonchev–Trinajstić information content (AvgIpc) is 2.57. The second-order valence-electron chi connectivity index (χ2n) is 5.62. The highest BCUT2D eigenvalue weighted by atomic mass is 32.2. The maximum atomic E-state index is 12.1. The van der Waals surface area contributed by atoms with Crippen LogP contribution >= 0.6 is 0 Å². The Hall–Kier alpha value is -0.620. The van der Waals surface area contributed by atoms with Crippen LogP contribution in [0.1, 0.15) is 33.1 Å². The van der Waals surface area contributed by atoms with E-state index in [2.05, 4.69) is 5.32 Å². The van der Waals surface area contributed by atoms with Gasteiger partial charge >= 0.3 is 0 Å². The van der Waals surface area contributed by atoms with Gasteiger partial charge in [0, 0.05) is 25.2 Å². The van der Waals surface area contributed by atoms with Crippen LogP contribution < -0.4 is 5.32 Å². The largest absolute Gasteiger partial charge is 0.340 e. The Morgan fingerprint density at radius 2 is 1.94 bits per heavy atom. The van der Waals surface area contributed by atoms with E-state index in [1.54, 1.807) is 18.7 Å². The first-order valence-electron chi connectivity index (χ1n) is 6.64. The molecule has 0 aromatic rings. The lowest BCUT2D eigenvalue weighted by molar-refractivity contribution is -0.128. The summed E-state index contributed by atoms with van der Waals surface area (Å²) in [5, 5.41) is 3.00. The summed E-state index contributed by atoms with van der Waals surface area (Å²) < 4.78 is 23.5. The van der Waals surface area contributed by atoms with E-state index in [9.17, 15) is 13.2 Å². The van der Waals surface area contributed by atoms with Gasteiger partial charge in [-0.25, -0.2) is 8.42 Å². The van der Waals surface area contributed by atoms with E-state index in [1.807, 2.05) is 0 Å². The molecule has 0 saturated carbocycles. The standard InChI is InChI=1S/C12H22N2O3S/c1-9(2)18(16,17)8-12(15)14-6-5-10-3-4-11(7-14)13-10/h9-11,13H,3-8H2,1-2H3. The first-order valence-corrected chi connectivity index (χ1v) is 8.35. The van der Waals surface area contributed by atoms with Crippen LogP contribution in [0.5, 0.6) is 0 Å². The van der Waals surface area contributed by atoms with Gasteiger partial charge in [-0.05, 0) is 33.1 Å². The molecule has 0 spiro atoms. The first kappa shape index (κ1) is 13.8. The van der Waals surface area contributed by atoms with Gasteiger partial charge in [0.05, 0.1) is 5.25 Å². The Morgan fingerprint density at radius 3 is 2.61 bits per heavy atom. The second kappa shape index (κ2) is 5.17. The fraction of sp³-hybridized carbons (Fsp3) is 0.917. The van der Waals surface area contributed by atoms with Gasteiger partial charge in [0.25, 0.3) is 0 Å². The van der Waals surface area contributed by atoms with Crippen LogP contribution in [0.4, 0.5) is 0 Å². The van der Waals surface area contributed by atoms with Crippen LogP contribution in [-0.2, 0) is 14.6 Å². The molecule has 2 aliphatic rings. The summed E-state index contributed by atoms with van der Waals surface area (Å²) in [5.74, 6) is -0.583. The van der Waals surface area contributed by atoms with Gasteiger partial charge in [-0.3, -0.25) is 4.79 Å². The molecule has 6 heteroatoms. The maximum Gasteiger partial charge on any atom is 0.237 e. The van der Waals surface area contributed by atoms with Gasteiger partial charge in [0.1, 0.15) is 5.75 Å². The molecule has 0 radical (unpaired) electrons. The number of fused-ring (bicyclic) bond motifs is 2. The number of amides is 1. The van der Waals surface area contributed by atoms with E-state index in [-0.39, 0.29) is 11.7 Å². The maximum absolute atomic E-state index is 12.1. The fourth-order valence-corrected chi connectivity index (χ4v) is 3.46. The number of likely N-dealkylation sites (tertiary alicyclic amines) is 1. The number of hydrogen-bond acceptors (Lipinski definition) is 4. The zero-order valence-electron chi connectivity index (χ0n) is 11.1. The molecule has 5 nitrogen and oxygen atoms in total. The monoisotopic (exact) mass is 274 g/mol. The highest BCUT2D eigenvalue weighted by molar-refractivity contribution is 7.92. The molecule has 1 N–H and O–H groups in total. The molecule has 2 rings (SSSR count). The van der Waals surface area contributed by atoms with E-state index in [0.717, 1.165) is 12.8 Å². The molecule has 0 aliphatic carbocycles. The van der Waals surface area contributed by atoms with Crippen LogP contribution in [0.3, 0.4) is 0 Å². The summed E-state index contributed by atoms with van der Waals surface area (Å²) in [4.78, 5) is 13.8. The molecule has 2 saturated heterocycles. The van der Waals surface area contributed by atoms with E-state index in [0.29, 0.717) is 25.2 Å². The minimum atomic E-state index is -3.28. The summed E-state index contributed by atoms with van der Waals surface area (Å²) in [7, 11) is -3.28. The van der Waals surface area contributed by atoms with Gasteiger partial charge in [0.2, 0.25) is 5.91 Å². The summed E-state index contributed by atoms with van der Waals surface area (Å²) in [6.45, 7) is 4.58. The third-order valence-electron chi connectivity index (χ3n) is 3.92. The second-order valence-corrected chi connectivity index (χ2v) is 8.18. The Bertz CT molecular complexity index is 419. The highest BCUT2D eigenvalue weighted by Crippen LogP contribution is 2.20. The lowest BCUT2D eigenvalue weighted by Crippen LogP contribution is -2.42. The molecular weight excluding hydrogens is 252 g/mol. The Balaban J connectivity index is 1.97. The molecule has 2 unspecified atom stereocenters. The van der Waals surface area contributed by atoms with Crippen LogP contribution in [0.2, 0.25) is 0 Å². The Morgan fingerprint density at radius 1 is 1.28 bits per heavy atom. The molecule has 18 heavy (non-hydrogen) atoms. The number of nitrogens with one attached hydrogen (secondary N) is 1. The molecule has 0 aromatic carbocycles. The molecule has 2 atom stereocenters. The van der Waals surface area contributed by atoms with Crippen LogP contribution in [0.15, 0.2) is 0 Å². The molecule has 2 bridgehead atoms. The lowest BCUT2D eigenvalue weighted by atomic mass is 10.1. The van der Waals surface area contributed by atoms with Crippen molar-refractivity contribution in [1.29, 1.82) is 0 Å². The minimum absolute atomic E-state index is 0.238. The highest BCUT2D eigenvalue weighted by Gasteiger charge is 2.32. The molecule has 2 aliphatic heterocycles.